The van der Waals surface area contributed by atoms with Crippen molar-refractivity contribution in [3.05, 3.63) is 74.8 Å². The molecule has 1 saturated heterocycles. The van der Waals surface area contributed by atoms with Gasteiger partial charge in [0.2, 0.25) is 5.91 Å². The van der Waals surface area contributed by atoms with Crippen LogP contribution in [-0.4, -0.2) is 23.2 Å². The van der Waals surface area contributed by atoms with Crippen molar-refractivity contribution in [2.24, 2.45) is 0 Å². The molecular formula is C19H15ClN2O4. The molecule has 2 aromatic carbocycles. The molecule has 0 saturated carbocycles. The highest BCUT2D eigenvalue weighted by atomic mass is 35.5. The van der Waals surface area contributed by atoms with Crippen LogP contribution in [0, 0.1) is 10.1 Å². The number of nitro groups is 1. The van der Waals surface area contributed by atoms with Gasteiger partial charge in [-0.3, -0.25) is 19.7 Å². The zero-order chi connectivity index (χ0) is 18.7. The van der Waals surface area contributed by atoms with E-state index in [-0.39, 0.29) is 22.4 Å². The van der Waals surface area contributed by atoms with Crippen LogP contribution in [0.25, 0.3) is 6.08 Å². The van der Waals surface area contributed by atoms with E-state index in [2.05, 4.69) is 0 Å². The fourth-order valence-electron chi connectivity index (χ4n) is 2.77. The number of benzene rings is 2. The number of hydrogen-bond acceptors (Lipinski definition) is 4. The van der Waals surface area contributed by atoms with E-state index in [9.17, 15) is 19.7 Å². The third-order valence-corrected chi connectivity index (χ3v) is 4.45. The second-order valence-electron chi connectivity index (χ2n) is 5.86. The molecule has 0 bridgehead atoms. The molecule has 6 nitrogen and oxygen atoms in total. The van der Waals surface area contributed by atoms with Gasteiger partial charge in [0, 0.05) is 30.3 Å². The summed E-state index contributed by atoms with van der Waals surface area (Å²) in [6, 6.07) is 11.2. The van der Waals surface area contributed by atoms with E-state index in [1.807, 2.05) is 0 Å². The number of allylic oxidation sites excluding steroid dienone is 1. The minimum atomic E-state index is -0.570. The quantitative estimate of drug-likeness (QED) is 0.340. The van der Waals surface area contributed by atoms with E-state index >= 15 is 0 Å². The maximum absolute atomic E-state index is 12.3. The van der Waals surface area contributed by atoms with E-state index in [4.69, 9.17) is 11.6 Å². The molecule has 3 rings (SSSR count). The van der Waals surface area contributed by atoms with Crippen molar-refractivity contribution in [2.45, 2.75) is 12.8 Å². The number of carbonyl (C=O) groups excluding carboxylic acids is 2. The van der Waals surface area contributed by atoms with E-state index in [0.717, 1.165) is 12.1 Å². The summed E-state index contributed by atoms with van der Waals surface area (Å²) < 4.78 is 0. The standard InChI is InChI=1S/C19H15ClN2O4/c20-16-9-3-13(12-17(16)22(25)26)4-10-18(23)14-5-7-15(8-6-14)21-11-1-2-19(21)24/h3-10,12H,1-2,11H2/b10-4+. The molecule has 26 heavy (non-hydrogen) atoms. The maximum atomic E-state index is 12.3. The average Bonchev–Trinajstić information content (AvgIpc) is 3.06. The molecule has 1 heterocycles. The monoisotopic (exact) mass is 370 g/mol. The van der Waals surface area contributed by atoms with Crippen LogP contribution in [-0.2, 0) is 4.79 Å². The zero-order valence-corrected chi connectivity index (χ0v) is 14.5. The van der Waals surface area contributed by atoms with Gasteiger partial charge >= 0.3 is 0 Å². The predicted octanol–water partition coefficient (Wildman–Crippen LogP) is 4.27. The molecule has 132 valence electrons. The molecule has 1 aliphatic heterocycles. The fourth-order valence-corrected chi connectivity index (χ4v) is 2.95. The molecule has 0 spiro atoms. The molecule has 0 atom stereocenters. The Bertz CT molecular complexity index is 906. The first-order valence-corrected chi connectivity index (χ1v) is 8.40. The Morgan fingerprint density at radius 3 is 2.54 bits per heavy atom. The SMILES string of the molecule is O=C(/C=C/c1ccc(Cl)c([N+](=O)[O-])c1)c1ccc(N2CCCC2=O)cc1. The lowest BCUT2D eigenvalue weighted by Gasteiger charge is -2.15. The van der Waals surface area contributed by atoms with Gasteiger partial charge in [0.1, 0.15) is 5.02 Å². The number of nitro benzene ring substituents is 1. The molecule has 0 N–H and O–H groups in total. The van der Waals surface area contributed by atoms with E-state index in [1.165, 1.54) is 24.3 Å². The number of rotatable bonds is 5. The molecule has 0 aliphatic carbocycles. The van der Waals surface area contributed by atoms with Gasteiger partial charge < -0.3 is 4.90 Å². The minimum Gasteiger partial charge on any atom is -0.312 e. The lowest BCUT2D eigenvalue weighted by molar-refractivity contribution is -0.384. The molecule has 0 aromatic heterocycles. The van der Waals surface area contributed by atoms with Gasteiger partial charge in [0.05, 0.1) is 4.92 Å². The summed E-state index contributed by atoms with van der Waals surface area (Å²) in [5.41, 5.74) is 1.55. The van der Waals surface area contributed by atoms with Crippen LogP contribution < -0.4 is 4.90 Å². The normalized spacial score (nSPS) is 14.2. The largest absolute Gasteiger partial charge is 0.312 e. The highest BCUT2D eigenvalue weighted by molar-refractivity contribution is 6.32. The lowest BCUT2D eigenvalue weighted by Crippen LogP contribution is -2.23. The Balaban J connectivity index is 1.73. The number of nitrogens with zero attached hydrogens (tertiary/aromatic N) is 2. The second kappa shape index (κ2) is 7.49. The van der Waals surface area contributed by atoms with Crippen LogP contribution in [0.2, 0.25) is 5.02 Å². The van der Waals surface area contributed by atoms with Crippen molar-refractivity contribution in [3.63, 3.8) is 0 Å². The lowest BCUT2D eigenvalue weighted by atomic mass is 10.1. The predicted molar refractivity (Wildman–Crippen MR) is 99.5 cm³/mol. The Morgan fingerprint density at radius 2 is 1.92 bits per heavy atom. The van der Waals surface area contributed by atoms with Gasteiger partial charge in [-0.25, -0.2) is 0 Å². The number of ketones is 1. The van der Waals surface area contributed by atoms with Crippen LogP contribution in [0.3, 0.4) is 0 Å². The van der Waals surface area contributed by atoms with Crippen LogP contribution in [0.15, 0.2) is 48.5 Å². The van der Waals surface area contributed by atoms with Crippen LogP contribution in [0.5, 0.6) is 0 Å². The van der Waals surface area contributed by atoms with Crippen molar-refractivity contribution in [2.75, 3.05) is 11.4 Å². The zero-order valence-electron chi connectivity index (χ0n) is 13.7. The third-order valence-electron chi connectivity index (χ3n) is 4.13. The topological polar surface area (TPSA) is 80.5 Å². The van der Waals surface area contributed by atoms with Crippen LogP contribution >= 0.6 is 11.6 Å². The second-order valence-corrected chi connectivity index (χ2v) is 6.27. The highest BCUT2D eigenvalue weighted by Crippen LogP contribution is 2.26. The Kier molecular flexibility index (Phi) is 5.14. The summed E-state index contributed by atoms with van der Waals surface area (Å²) in [6.07, 6.45) is 4.25. The number of halogens is 1. The minimum absolute atomic E-state index is 0.0468. The average molecular weight is 371 g/mol. The number of carbonyl (C=O) groups is 2. The van der Waals surface area contributed by atoms with Crippen molar-refractivity contribution in [1.82, 2.24) is 0 Å². The Hall–Kier alpha value is -2.99. The van der Waals surface area contributed by atoms with E-state index in [1.54, 1.807) is 35.2 Å². The summed E-state index contributed by atoms with van der Waals surface area (Å²) in [6.45, 7) is 0.696. The fraction of sp³-hybridized carbons (Fsp3) is 0.158. The summed E-state index contributed by atoms with van der Waals surface area (Å²) in [5, 5.41) is 10.9. The van der Waals surface area contributed by atoms with E-state index < -0.39 is 4.92 Å². The number of hydrogen-bond donors (Lipinski definition) is 0. The highest BCUT2D eigenvalue weighted by Gasteiger charge is 2.21. The summed E-state index contributed by atoms with van der Waals surface area (Å²) in [5.74, 6) is -0.143. The first-order valence-electron chi connectivity index (χ1n) is 8.02. The molecule has 0 radical (unpaired) electrons. The van der Waals surface area contributed by atoms with Gasteiger partial charge in [-0.05, 0) is 48.4 Å². The Labute approximate surface area is 154 Å². The molecular weight excluding hydrogens is 356 g/mol. The summed E-state index contributed by atoms with van der Waals surface area (Å²) in [4.78, 5) is 36.1. The van der Waals surface area contributed by atoms with Crippen molar-refractivity contribution >= 4 is 40.7 Å². The first kappa shape index (κ1) is 17.8. The molecule has 1 aliphatic rings. The van der Waals surface area contributed by atoms with E-state index in [0.29, 0.717) is 24.1 Å². The third kappa shape index (κ3) is 3.81. The Morgan fingerprint density at radius 1 is 1.19 bits per heavy atom. The van der Waals surface area contributed by atoms with Crippen molar-refractivity contribution in [1.29, 1.82) is 0 Å². The van der Waals surface area contributed by atoms with Crippen molar-refractivity contribution < 1.29 is 14.5 Å². The summed E-state index contributed by atoms with van der Waals surface area (Å²) >= 11 is 5.77. The molecule has 0 unspecified atom stereocenters. The van der Waals surface area contributed by atoms with Gasteiger partial charge in [-0.1, -0.05) is 23.7 Å². The number of anilines is 1. The summed E-state index contributed by atoms with van der Waals surface area (Å²) in [7, 11) is 0. The van der Waals surface area contributed by atoms with Gasteiger partial charge in [-0.15, -0.1) is 0 Å². The first-order chi connectivity index (χ1) is 12.5. The van der Waals surface area contributed by atoms with Gasteiger partial charge in [0.15, 0.2) is 5.78 Å². The molecule has 1 fully saturated rings. The van der Waals surface area contributed by atoms with Gasteiger partial charge in [-0.2, -0.15) is 0 Å². The molecule has 2 aromatic rings. The molecule has 7 heteroatoms. The maximum Gasteiger partial charge on any atom is 0.288 e. The van der Waals surface area contributed by atoms with Crippen LogP contribution in [0.1, 0.15) is 28.8 Å². The van der Waals surface area contributed by atoms with Gasteiger partial charge in [0.25, 0.3) is 5.69 Å². The number of amides is 1. The van der Waals surface area contributed by atoms with Crippen LogP contribution in [0.4, 0.5) is 11.4 Å². The van der Waals surface area contributed by atoms with Crippen molar-refractivity contribution in [3.8, 4) is 0 Å². The smallest absolute Gasteiger partial charge is 0.288 e. The molecule has 1 amide bonds.